The second-order valence-corrected chi connectivity index (χ2v) is 4.36. The molecule has 2 rings (SSSR count). The molecule has 0 saturated carbocycles. The Hall–Kier alpha value is -1.92. The fourth-order valence-electron chi connectivity index (χ4n) is 1.88. The number of hydrogen-bond donors (Lipinski definition) is 4. The highest BCUT2D eigenvalue weighted by atomic mass is 16.3. The fraction of sp³-hybridized carbons (Fsp3) is 0.385. The van der Waals surface area contributed by atoms with E-state index in [2.05, 4.69) is 20.3 Å². The Morgan fingerprint density at radius 3 is 2.89 bits per heavy atom. The van der Waals surface area contributed by atoms with E-state index in [1.165, 1.54) is 0 Å². The van der Waals surface area contributed by atoms with E-state index in [0.717, 1.165) is 18.7 Å². The number of aryl methyl sites for hydroxylation is 1. The monoisotopic (exact) mass is 262 g/mol. The number of aromatic amines is 1. The molecule has 6 heteroatoms. The molecule has 0 spiro atoms. The summed E-state index contributed by atoms with van der Waals surface area (Å²) in [7, 11) is 0. The molecule has 102 valence electrons. The summed E-state index contributed by atoms with van der Waals surface area (Å²) in [5, 5.41) is 22.4. The molecule has 19 heavy (non-hydrogen) atoms. The van der Waals surface area contributed by atoms with Crippen molar-refractivity contribution in [3.63, 3.8) is 0 Å². The van der Waals surface area contributed by atoms with Crippen LogP contribution in [0.1, 0.15) is 22.5 Å². The van der Waals surface area contributed by atoms with E-state index in [1.54, 1.807) is 25.6 Å². The third kappa shape index (κ3) is 3.30. The van der Waals surface area contributed by atoms with Crippen LogP contribution in [0.2, 0.25) is 0 Å². The van der Waals surface area contributed by atoms with Gasteiger partial charge in [0.15, 0.2) is 0 Å². The van der Waals surface area contributed by atoms with E-state index in [1.807, 2.05) is 0 Å². The molecule has 0 aliphatic carbocycles. The Morgan fingerprint density at radius 2 is 2.21 bits per heavy atom. The van der Waals surface area contributed by atoms with Crippen molar-refractivity contribution in [1.29, 1.82) is 0 Å². The average molecular weight is 262 g/mol. The summed E-state index contributed by atoms with van der Waals surface area (Å²) < 4.78 is 0. The van der Waals surface area contributed by atoms with Crippen molar-refractivity contribution >= 4 is 0 Å². The molecule has 0 aliphatic rings. The molecule has 0 bridgehead atoms. The smallest absolute Gasteiger partial charge is 0.141 e. The molecule has 0 unspecified atom stereocenters. The van der Waals surface area contributed by atoms with Crippen molar-refractivity contribution < 1.29 is 10.2 Å². The Labute approximate surface area is 111 Å². The molecule has 0 atom stereocenters. The number of pyridine rings is 1. The summed E-state index contributed by atoms with van der Waals surface area (Å²) in [5.41, 5.74) is 2.99. The zero-order valence-electron chi connectivity index (χ0n) is 10.8. The Morgan fingerprint density at radius 1 is 1.37 bits per heavy atom. The lowest BCUT2D eigenvalue weighted by Crippen LogP contribution is -2.18. The quantitative estimate of drug-likeness (QED) is 0.573. The normalized spacial score (nSPS) is 10.8. The molecule has 2 aromatic rings. The molecule has 2 aromatic heterocycles. The van der Waals surface area contributed by atoms with Crippen molar-refractivity contribution in [3.8, 4) is 5.75 Å². The minimum atomic E-state index is -0.127. The van der Waals surface area contributed by atoms with E-state index in [4.69, 9.17) is 0 Å². The molecular formula is C13H18N4O2. The zero-order chi connectivity index (χ0) is 13.7. The number of hydrogen-bond acceptors (Lipinski definition) is 5. The van der Waals surface area contributed by atoms with Crippen LogP contribution in [-0.4, -0.2) is 31.7 Å². The lowest BCUT2D eigenvalue weighted by atomic mass is 10.1. The summed E-state index contributed by atoms with van der Waals surface area (Å²) in [6.45, 7) is 2.87. The minimum absolute atomic E-state index is 0.127. The van der Waals surface area contributed by atoms with Crippen LogP contribution >= 0.6 is 0 Å². The van der Waals surface area contributed by atoms with Crippen LogP contribution < -0.4 is 5.32 Å². The van der Waals surface area contributed by atoms with Crippen molar-refractivity contribution in [2.45, 2.75) is 26.5 Å². The maximum absolute atomic E-state index is 9.96. The zero-order valence-corrected chi connectivity index (χ0v) is 10.8. The van der Waals surface area contributed by atoms with Gasteiger partial charge in [0.05, 0.1) is 18.6 Å². The highest BCUT2D eigenvalue weighted by Crippen LogP contribution is 2.23. The maximum Gasteiger partial charge on any atom is 0.141 e. The molecule has 4 N–H and O–H groups in total. The van der Waals surface area contributed by atoms with Crippen LogP contribution in [0.4, 0.5) is 0 Å². The van der Waals surface area contributed by atoms with Gasteiger partial charge in [-0.25, -0.2) is 4.98 Å². The predicted octanol–water partition coefficient (Wildman–Crippen LogP) is 0.643. The molecule has 6 nitrogen and oxygen atoms in total. The largest absolute Gasteiger partial charge is 0.506 e. The molecule has 0 radical (unpaired) electrons. The van der Waals surface area contributed by atoms with Gasteiger partial charge in [-0.05, 0) is 6.92 Å². The van der Waals surface area contributed by atoms with Gasteiger partial charge in [-0.2, -0.15) is 0 Å². The summed E-state index contributed by atoms with van der Waals surface area (Å²) in [6, 6.07) is 0. The first-order valence-corrected chi connectivity index (χ1v) is 6.17. The van der Waals surface area contributed by atoms with E-state index in [-0.39, 0.29) is 12.4 Å². The fourth-order valence-corrected chi connectivity index (χ4v) is 1.88. The Kier molecular flexibility index (Phi) is 4.48. The van der Waals surface area contributed by atoms with Gasteiger partial charge in [0, 0.05) is 48.7 Å². The van der Waals surface area contributed by atoms with E-state index in [9.17, 15) is 10.2 Å². The van der Waals surface area contributed by atoms with Gasteiger partial charge in [-0.1, -0.05) is 0 Å². The predicted molar refractivity (Wildman–Crippen MR) is 70.6 cm³/mol. The molecule has 0 amide bonds. The van der Waals surface area contributed by atoms with Crippen LogP contribution in [0.3, 0.4) is 0 Å². The lowest BCUT2D eigenvalue weighted by Gasteiger charge is -2.12. The molecule has 0 aromatic carbocycles. The highest BCUT2D eigenvalue weighted by Gasteiger charge is 2.10. The Bertz CT molecular complexity index is 526. The van der Waals surface area contributed by atoms with Gasteiger partial charge >= 0.3 is 0 Å². The number of H-pyrrole nitrogens is 1. The van der Waals surface area contributed by atoms with Gasteiger partial charge in [0.1, 0.15) is 5.75 Å². The minimum Gasteiger partial charge on any atom is -0.506 e. The van der Waals surface area contributed by atoms with Crippen LogP contribution in [0.25, 0.3) is 0 Å². The summed E-state index contributed by atoms with van der Waals surface area (Å²) >= 11 is 0. The third-order valence-corrected chi connectivity index (χ3v) is 3.03. The van der Waals surface area contributed by atoms with Crippen molar-refractivity contribution in [2.24, 2.45) is 0 Å². The first kappa shape index (κ1) is 13.5. The summed E-state index contributed by atoms with van der Waals surface area (Å²) in [6.07, 6.45) is 5.87. The number of nitrogens with one attached hydrogen (secondary N) is 2. The van der Waals surface area contributed by atoms with Gasteiger partial charge in [-0.15, -0.1) is 0 Å². The second-order valence-electron chi connectivity index (χ2n) is 4.36. The number of rotatable bonds is 6. The van der Waals surface area contributed by atoms with Crippen LogP contribution in [0.5, 0.6) is 5.75 Å². The lowest BCUT2D eigenvalue weighted by molar-refractivity contribution is 0.278. The van der Waals surface area contributed by atoms with Crippen molar-refractivity contribution in [1.82, 2.24) is 20.3 Å². The maximum atomic E-state index is 9.96. The topological polar surface area (TPSA) is 94.1 Å². The van der Waals surface area contributed by atoms with Gasteiger partial charge < -0.3 is 20.5 Å². The molecule has 0 aliphatic heterocycles. The highest BCUT2D eigenvalue weighted by molar-refractivity contribution is 5.40. The number of aromatic nitrogens is 3. The third-order valence-electron chi connectivity index (χ3n) is 3.03. The van der Waals surface area contributed by atoms with Gasteiger partial charge in [0.2, 0.25) is 0 Å². The van der Waals surface area contributed by atoms with Crippen LogP contribution in [0.15, 0.2) is 18.7 Å². The molecule has 2 heterocycles. The van der Waals surface area contributed by atoms with Crippen molar-refractivity contribution in [2.75, 3.05) is 6.54 Å². The van der Waals surface area contributed by atoms with Crippen LogP contribution in [0, 0.1) is 6.92 Å². The molecule has 0 fully saturated rings. The number of nitrogens with zero attached hydrogens (tertiary/aromatic N) is 2. The molecule has 0 saturated heterocycles. The van der Waals surface area contributed by atoms with Gasteiger partial charge in [-0.3, -0.25) is 4.98 Å². The summed E-state index contributed by atoms with van der Waals surface area (Å²) in [5.74, 6) is 0.153. The summed E-state index contributed by atoms with van der Waals surface area (Å²) in [4.78, 5) is 11.0. The first-order valence-electron chi connectivity index (χ1n) is 6.17. The number of aromatic hydroxyl groups is 1. The van der Waals surface area contributed by atoms with E-state index in [0.29, 0.717) is 23.4 Å². The standard InChI is InChI=1S/C13H18N4O2/c1-9-13(19)12(10(7-18)4-16-9)6-14-3-2-11-5-15-8-17-11/h4-5,8,14,18-19H,2-3,6-7H2,1H3,(H,15,17). The van der Waals surface area contributed by atoms with Crippen LogP contribution in [-0.2, 0) is 19.6 Å². The Balaban J connectivity index is 1.93. The number of aliphatic hydroxyl groups excluding tert-OH is 1. The van der Waals surface area contributed by atoms with E-state index < -0.39 is 0 Å². The molecular weight excluding hydrogens is 244 g/mol. The second kappa shape index (κ2) is 6.31. The average Bonchev–Trinajstić information content (AvgIpc) is 2.92. The number of aliphatic hydroxyl groups is 1. The number of imidazole rings is 1. The van der Waals surface area contributed by atoms with E-state index >= 15 is 0 Å². The SMILES string of the molecule is Cc1ncc(CO)c(CNCCc2cnc[nH]2)c1O. The van der Waals surface area contributed by atoms with Gasteiger partial charge in [0.25, 0.3) is 0 Å². The van der Waals surface area contributed by atoms with Crippen molar-refractivity contribution in [3.05, 3.63) is 41.2 Å². The first-order chi connectivity index (χ1) is 9.22.